The number of likely N-dealkylation sites (tertiary alicyclic amines) is 1. The molecule has 2 aromatic carbocycles. The highest BCUT2D eigenvalue weighted by atomic mass is 16.5. The number of alkyl carbamates (subject to hydrolysis) is 1. The number of piperidine rings is 1. The van der Waals surface area contributed by atoms with Gasteiger partial charge in [0.05, 0.1) is 5.92 Å². The van der Waals surface area contributed by atoms with Gasteiger partial charge in [0.25, 0.3) is 0 Å². The molecular formula is C27H30N2O5. The molecule has 0 radical (unpaired) electrons. The molecule has 1 aliphatic heterocycles. The van der Waals surface area contributed by atoms with Gasteiger partial charge in [-0.2, -0.15) is 0 Å². The van der Waals surface area contributed by atoms with E-state index in [1.54, 1.807) is 17.9 Å². The van der Waals surface area contributed by atoms with Crippen molar-refractivity contribution < 1.29 is 24.2 Å². The van der Waals surface area contributed by atoms with Crippen LogP contribution in [-0.4, -0.2) is 53.2 Å². The molecule has 7 nitrogen and oxygen atoms in total. The Labute approximate surface area is 199 Å². The Morgan fingerprint density at radius 2 is 1.76 bits per heavy atom. The van der Waals surface area contributed by atoms with Crippen LogP contribution < -0.4 is 5.32 Å². The van der Waals surface area contributed by atoms with Crippen molar-refractivity contribution in [3.05, 3.63) is 72.3 Å². The highest BCUT2D eigenvalue weighted by Gasteiger charge is 2.38. The van der Waals surface area contributed by atoms with Gasteiger partial charge in [-0.3, -0.25) is 9.59 Å². The Hall–Kier alpha value is -3.61. The Balaban J connectivity index is 1.42. The summed E-state index contributed by atoms with van der Waals surface area (Å²) in [5.74, 6) is -1.91. The van der Waals surface area contributed by atoms with Gasteiger partial charge in [0.2, 0.25) is 5.91 Å². The normalized spacial score (nSPS) is 20.1. The number of carbonyl (C=O) groups excluding carboxylic acids is 2. The number of carboxylic acids is 1. The predicted octanol–water partition coefficient (Wildman–Crippen LogP) is 4.18. The van der Waals surface area contributed by atoms with Crippen LogP contribution in [0, 0.1) is 5.92 Å². The molecule has 3 atom stereocenters. The summed E-state index contributed by atoms with van der Waals surface area (Å²) < 4.78 is 5.59. The fourth-order valence-corrected chi connectivity index (χ4v) is 5.15. The van der Waals surface area contributed by atoms with Crippen LogP contribution in [0.3, 0.4) is 0 Å². The minimum absolute atomic E-state index is 0.0786. The Kier molecular flexibility index (Phi) is 7.01. The van der Waals surface area contributed by atoms with Gasteiger partial charge in [-0.15, -0.1) is 6.58 Å². The van der Waals surface area contributed by atoms with Crippen LogP contribution in [0.2, 0.25) is 0 Å². The van der Waals surface area contributed by atoms with Gasteiger partial charge in [-0.25, -0.2) is 4.79 Å². The number of aliphatic carboxylic acids is 1. The number of hydrogen-bond donors (Lipinski definition) is 2. The maximum atomic E-state index is 13.2. The monoisotopic (exact) mass is 462 g/mol. The van der Waals surface area contributed by atoms with E-state index in [0.717, 1.165) is 22.3 Å². The summed E-state index contributed by atoms with van der Waals surface area (Å²) in [6.07, 6.45) is 2.26. The number of fused-ring (bicyclic) bond motifs is 3. The van der Waals surface area contributed by atoms with Crippen molar-refractivity contribution in [2.75, 3.05) is 13.2 Å². The molecule has 34 heavy (non-hydrogen) atoms. The van der Waals surface area contributed by atoms with Crippen molar-refractivity contribution in [3.8, 4) is 11.1 Å². The predicted molar refractivity (Wildman–Crippen MR) is 128 cm³/mol. The maximum Gasteiger partial charge on any atom is 0.407 e. The number of ether oxygens (including phenoxy) is 1. The lowest BCUT2D eigenvalue weighted by molar-refractivity contribution is -0.149. The molecule has 2 amide bonds. The SMILES string of the molecule is C=CCC(NC(=O)OCC1c2ccccc2-c2ccccc21)C(=O)N1CCC[C@@H](C(=O)O)[C@H]1C. The standard InChI is InChI=1S/C27H30N2O5/c1-3-9-24(25(30)29-15-8-14-18(17(29)2)26(31)32)28-27(33)34-16-23-21-12-6-4-10-19(21)20-11-5-7-13-22(20)23/h3-7,10-13,17-18,23-24H,1,8-9,14-16H2,2H3,(H,28,33)(H,31,32)/t17-,18-,24?/m1/s1. The molecule has 4 rings (SSSR count). The molecule has 1 unspecified atom stereocenters. The zero-order chi connectivity index (χ0) is 24.2. The van der Waals surface area contributed by atoms with Crippen molar-refractivity contribution in [2.24, 2.45) is 5.92 Å². The summed E-state index contributed by atoms with van der Waals surface area (Å²) in [6, 6.07) is 14.8. The van der Waals surface area contributed by atoms with E-state index in [1.165, 1.54) is 0 Å². The van der Waals surface area contributed by atoms with Crippen molar-refractivity contribution in [3.63, 3.8) is 0 Å². The summed E-state index contributed by atoms with van der Waals surface area (Å²) in [5, 5.41) is 12.1. The molecule has 2 aliphatic rings. The van der Waals surface area contributed by atoms with Crippen molar-refractivity contribution >= 4 is 18.0 Å². The molecule has 0 bridgehead atoms. The van der Waals surface area contributed by atoms with E-state index in [4.69, 9.17) is 4.74 Å². The number of hydrogen-bond acceptors (Lipinski definition) is 4. The molecule has 0 aromatic heterocycles. The van der Waals surface area contributed by atoms with Crippen LogP contribution in [0.1, 0.15) is 43.2 Å². The van der Waals surface area contributed by atoms with Gasteiger partial charge in [0, 0.05) is 18.5 Å². The van der Waals surface area contributed by atoms with Crippen LogP contribution in [0.25, 0.3) is 11.1 Å². The summed E-state index contributed by atoms with van der Waals surface area (Å²) in [4.78, 5) is 39.0. The third-order valence-electron chi connectivity index (χ3n) is 6.92. The van der Waals surface area contributed by atoms with E-state index >= 15 is 0 Å². The Morgan fingerprint density at radius 1 is 1.15 bits per heavy atom. The number of nitrogens with zero attached hydrogens (tertiary/aromatic N) is 1. The lowest BCUT2D eigenvalue weighted by Crippen LogP contribution is -2.55. The van der Waals surface area contributed by atoms with E-state index < -0.39 is 30.1 Å². The van der Waals surface area contributed by atoms with Crippen molar-refractivity contribution in [1.82, 2.24) is 10.2 Å². The average molecular weight is 463 g/mol. The Morgan fingerprint density at radius 3 is 2.35 bits per heavy atom. The smallest absolute Gasteiger partial charge is 0.407 e. The van der Waals surface area contributed by atoms with E-state index in [-0.39, 0.29) is 24.9 Å². The number of rotatable bonds is 7. The molecule has 0 spiro atoms. The second-order valence-corrected chi connectivity index (χ2v) is 8.91. The molecule has 2 N–H and O–H groups in total. The number of carbonyl (C=O) groups is 3. The lowest BCUT2D eigenvalue weighted by Gasteiger charge is -2.39. The summed E-state index contributed by atoms with van der Waals surface area (Å²) in [7, 11) is 0. The molecule has 2 aromatic rings. The molecule has 0 saturated carbocycles. The fraction of sp³-hybridized carbons (Fsp3) is 0.370. The minimum atomic E-state index is -0.908. The van der Waals surface area contributed by atoms with Crippen molar-refractivity contribution in [1.29, 1.82) is 0 Å². The van der Waals surface area contributed by atoms with Crippen LogP contribution in [-0.2, 0) is 14.3 Å². The van der Waals surface area contributed by atoms with Gasteiger partial charge >= 0.3 is 12.1 Å². The number of amides is 2. The highest BCUT2D eigenvalue weighted by Crippen LogP contribution is 2.44. The fourth-order valence-electron chi connectivity index (χ4n) is 5.15. The second kappa shape index (κ2) is 10.1. The first-order chi connectivity index (χ1) is 16.4. The summed E-state index contributed by atoms with van der Waals surface area (Å²) in [5.41, 5.74) is 4.49. The third kappa shape index (κ3) is 4.55. The largest absolute Gasteiger partial charge is 0.481 e. The lowest BCUT2D eigenvalue weighted by atomic mass is 9.89. The van der Waals surface area contributed by atoms with Crippen LogP contribution in [0.5, 0.6) is 0 Å². The average Bonchev–Trinajstić information content (AvgIpc) is 3.16. The zero-order valence-corrected chi connectivity index (χ0v) is 19.3. The summed E-state index contributed by atoms with van der Waals surface area (Å²) in [6.45, 7) is 6.05. The first kappa shape index (κ1) is 23.5. The minimum Gasteiger partial charge on any atom is -0.481 e. The number of carboxylic acid groups (broad SMARTS) is 1. The molecule has 1 aliphatic carbocycles. The zero-order valence-electron chi connectivity index (χ0n) is 19.3. The quantitative estimate of drug-likeness (QED) is 0.602. The first-order valence-electron chi connectivity index (χ1n) is 11.7. The maximum absolute atomic E-state index is 13.2. The third-order valence-corrected chi connectivity index (χ3v) is 6.92. The first-order valence-corrected chi connectivity index (χ1v) is 11.7. The second-order valence-electron chi connectivity index (χ2n) is 8.91. The van der Waals surface area contributed by atoms with Gasteiger partial charge in [0.1, 0.15) is 12.6 Å². The molecule has 1 fully saturated rings. The molecule has 1 heterocycles. The molecule has 178 valence electrons. The van der Waals surface area contributed by atoms with E-state index in [2.05, 4.69) is 24.0 Å². The molecule has 1 saturated heterocycles. The van der Waals surface area contributed by atoms with Gasteiger partial charge in [-0.05, 0) is 48.4 Å². The number of nitrogens with one attached hydrogen (secondary N) is 1. The molecule has 7 heteroatoms. The van der Waals surface area contributed by atoms with Crippen molar-refractivity contribution in [2.45, 2.75) is 44.2 Å². The summed E-state index contributed by atoms with van der Waals surface area (Å²) >= 11 is 0. The van der Waals surface area contributed by atoms with Gasteiger partial charge < -0.3 is 20.1 Å². The molecular weight excluding hydrogens is 432 g/mol. The van der Waals surface area contributed by atoms with E-state index in [1.807, 2.05) is 36.4 Å². The van der Waals surface area contributed by atoms with Crippen LogP contribution >= 0.6 is 0 Å². The highest BCUT2D eigenvalue weighted by molar-refractivity contribution is 5.87. The Bertz CT molecular complexity index is 1050. The topological polar surface area (TPSA) is 95.9 Å². The van der Waals surface area contributed by atoms with Gasteiger partial charge in [-0.1, -0.05) is 54.6 Å². The van der Waals surface area contributed by atoms with Gasteiger partial charge in [0.15, 0.2) is 0 Å². The number of benzene rings is 2. The van der Waals surface area contributed by atoms with Crippen LogP contribution in [0.15, 0.2) is 61.2 Å². The van der Waals surface area contributed by atoms with Crippen LogP contribution in [0.4, 0.5) is 4.79 Å². The van der Waals surface area contributed by atoms with E-state index in [9.17, 15) is 19.5 Å². The van der Waals surface area contributed by atoms with E-state index in [0.29, 0.717) is 19.4 Å².